The van der Waals surface area contributed by atoms with Crippen LogP contribution in [0.4, 0.5) is 0 Å². The van der Waals surface area contributed by atoms with Gasteiger partial charge in [-0.05, 0) is 17.2 Å². The van der Waals surface area contributed by atoms with Gasteiger partial charge in [-0.1, -0.05) is 36.4 Å². The second-order valence-electron chi connectivity index (χ2n) is 5.38. The van der Waals surface area contributed by atoms with Crippen molar-refractivity contribution in [1.29, 1.82) is 0 Å². The zero-order valence-corrected chi connectivity index (χ0v) is 12.9. The minimum Gasteiger partial charge on any atom is -0.395 e. The number of aliphatic hydroxyl groups excluding tert-OH is 1. The average molecular weight is 333 g/mol. The molecule has 0 amide bonds. The lowest BCUT2D eigenvalue weighted by Crippen LogP contribution is -2.43. The molecule has 0 aromatic heterocycles. The predicted octanol–water partition coefficient (Wildman–Crippen LogP) is 0.358. The summed E-state index contributed by atoms with van der Waals surface area (Å²) in [6.45, 7) is -0.513. The third-order valence-corrected chi connectivity index (χ3v) is 5.67. The van der Waals surface area contributed by atoms with Crippen LogP contribution in [-0.2, 0) is 19.6 Å². The summed E-state index contributed by atoms with van der Waals surface area (Å²) < 4.78 is 25.8. The molecule has 0 saturated carbocycles. The van der Waals surface area contributed by atoms with Gasteiger partial charge in [0.25, 0.3) is 0 Å². The van der Waals surface area contributed by atoms with Crippen LogP contribution in [0.15, 0.2) is 48.7 Å². The molecule has 23 heavy (non-hydrogen) atoms. The lowest BCUT2D eigenvalue weighted by molar-refractivity contribution is -0.136. The van der Waals surface area contributed by atoms with E-state index in [0.717, 1.165) is 10.4 Å². The van der Waals surface area contributed by atoms with Crippen LogP contribution in [0.3, 0.4) is 0 Å². The summed E-state index contributed by atoms with van der Waals surface area (Å²) in [6.07, 6.45) is 3.96. The van der Waals surface area contributed by atoms with Gasteiger partial charge in [-0.3, -0.25) is 13.9 Å². The maximum absolute atomic E-state index is 12.3. The minimum atomic E-state index is -3.77. The van der Waals surface area contributed by atoms with Crippen LogP contribution >= 0.6 is 0 Å². The Morgan fingerprint density at radius 1 is 1.13 bits per heavy atom. The number of hydrogen-bond donors (Lipinski definition) is 1. The molecule has 1 N–H and O–H groups in total. The molecule has 1 aliphatic carbocycles. The first-order valence-electron chi connectivity index (χ1n) is 7.11. The van der Waals surface area contributed by atoms with Crippen LogP contribution in [-0.4, -0.2) is 47.8 Å². The van der Waals surface area contributed by atoms with Gasteiger partial charge < -0.3 is 5.11 Å². The largest absolute Gasteiger partial charge is 0.395 e. The number of aliphatic hydroxyl groups is 1. The van der Waals surface area contributed by atoms with Crippen molar-refractivity contribution in [3.63, 3.8) is 0 Å². The summed E-state index contributed by atoms with van der Waals surface area (Å²) in [4.78, 5) is 24.0. The number of nitrogens with zero attached hydrogens (tertiary/aromatic N) is 1. The Hall–Kier alpha value is -2.25. The number of carbonyl (C=O) groups excluding carboxylic acids is 2. The highest BCUT2D eigenvalue weighted by Gasteiger charge is 2.46. The highest BCUT2D eigenvalue weighted by Crippen LogP contribution is 2.40. The van der Waals surface area contributed by atoms with E-state index < -0.39 is 45.9 Å². The van der Waals surface area contributed by atoms with Crippen molar-refractivity contribution >= 4 is 27.2 Å². The molecule has 0 spiro atoms. The van der Waals surface area contributed by atoms with E-state index in [-0.39, 0.29) is 0 Å². The minimum absolute atomic E-state index is 0.440. The van der Waals surface area contributed by atoms with E-state index in [0.29, 0.717) is 11.1 Å². The van der Waals surface area contributed by atoms with Crippen LogP contribution < -0.4 is 0 Å². The Kier molecular flexibility index (Phi) is 3.91. The number of benzene rings is 1. The lowest BCUT2D eigenvalue weighted by Gasteiger charge is -2.28. The van der Waals surface area contributed by atoms with Crippen molar-refractivity contribution in [2.24, 2.45) is 5.92 Å². The smallest absolute Gasteiger partial charge is 0.237 e. The summed E-state index contributed by atoms with van der Waals surface area (Å²) in [6, 6.07) is 8.14. The molecule has 1 aliphatic heterocycles. The number of rotatable bonds is 4. The van der Waals surface area contributed by atoms with Gasteiger partial charge in [0.15, 0.2) is 0 Å². The fourth-order valence-electron chi connectivity index (χ4n) is 2.92. The average Bonchev–Trinajstić information content (AvgIpc) is 2.93. The van der Waals surface area contributed by atoms with Crippen molar-refractivity contribution in [3.05, 3.63) is 54.2 Å². The molecular formula is C16H15NO5S. The lowest BCUT2D eigenvalue weighted by atomic mass is 9.82. The molecule has 2 aliphatic rings. The Balaban J connectivity index is 2.12. The monoisotopic (exact) mass is 333 g/mol. The molecule has 0 fully saturated rings. The molecule has 0 saturated heterocycles. The Bertz CT molecular complexity index is 810. The van der Waals surface area contributed by atoms with Gasteiger partial charge in [0.05, 0.1) is 24.3 Å². The quantitative estimate of drug-likeness (QED) is 0.803. The van der Waals surface area contributed by atoms with E-state index in [9.17, 15) is 18.0 Å². The first kappa shape index (κ1) is 15.6. The Morgan fingerprint density at radius 2 is 1.83 bits per heavy atom. The summed E-state index contributed by atoms with van der Waals surface area (Å²) in [5.41, 5.74) is 1.19. The zero-order chi connectivity index (χ0) is 16.6. The fourth-order valence-corrected chi connectivity index (χ4v) is 4.20. The molecule has 1 aromatic carbocycles. The Morgan fingerprint density at radius 3 is 2.48 bits per heavy atom. The van der Waals surface area contributed by atoms with Crippen LogP contribution in [0, 0.1) is 5.92 Å². The number of Topliss-reactive ketones (excluding diaryl/α,β-unsaturated/α-hetero) is 1. The highest BCUT2D eigenvalue weighted by atomic mass is 32.2. The molecule has 120 valence electrons. The topological polar surface area (TPSA) is 91.8 Å². The van der Waals surface area contributed by atoms with Crippen molar-refractivity contribution in [2.75, 3.05) is 12.4 Å². The normalized spacial score (nSPS) is 23.9. The van der Waals surface area contributed by atoms with Gasteiger partial charge in [0.2, 0.25) is 21.6 Å². The van der Waals surface area contributed by atoms with Crippen LogP contribution in [0.2, 0.25) is 0 Å². The van der Waals surface area contributed by atoms with E-state index in [2.05, 4.69) is 0 Å². The van der Waals surface area contributed by atoms with Crippen molar-refractivity contribution < 1.29 is 23.1 Å². The maximum Gasteiger partial charge on any atom is 0.237 e. The van der Waals surface area contributed by atoms with E-state index in [4.69, 9.17) is 5.11 Å². The van der Waals surface area contributed by atoms with E-state index in [1.807, 2.05) is 6.07 Å². The number of allylic oxidation sites excluding steroid dienone is 1. The molecule has 6 nitrogen and oxygen atoms in total. The van der Waals surface area contributed by atoms with Gasteiger partial charge in [-0.25, -0.2) is 8.42 Å². The molecule has 0 radical (unpaired) electrons. The molecule has 0 bridgehead atoms. The van der Waals surface area contributed by atoms with Crippen molar-refractivity contribution in [1.82, 2.24) is 4.31 Å². The van der Waals surface area contributed by atoms with Crippen LogP contribution in [0.25, 0.3) is 5.57 Å². The Labute approximate surface area is 133 Å². The summed E-state index contributed by atoms with van der Waals surface area (Å²) in [7, 11) is -3.77. The SMILES string of the molecule is O=C1C=CC2C(C1=O)C(c1ccccc1)=CN2S(=O)(=O)CCO. The molecule has 2 unspecified atom stereocenters. The fraction of sp³-hybridized carbons (Fsp3) is 0.250. The van der Waals surface area contributed by atoms with Gasteiger partial charge >= 0.3 is 0 Å². The molecule has 1 aromatic rings. The number of sulfonamides is 1. The second kappa shape index (κ2) is 5.75. The van der Waals surface area contributed by atoms with Crippen LogP contribution in [0.5, 0.6) is 0 Å². The third kappa shape index (κ3) is 2.62. The first-order chi connectivity index (χ1) is 11.0. The van der Waals surface area contributed by atoms with Crippen LogP contribution in [0.1, 0.15) is 5.56 Å². The number of carbonyl (C=O) groups is 2. The van der Waals surface area contributed by atoms with E-state index >= 15 is 0 Å². The highest BCUT2D eigenvalue weighted by molar-refractivity contribution is 7.89. The van der Waals surface area contributed by atoms with Gasteiger partial charge in [0.1, 0.15) is 0 Å². The molecule has 3 rings (SSSR count). The van der Waals surface area contributed by atoms with E-state index in [1.54, 1.807) is 24.3 Å². The maximum atomic E-state index is 12.3. The van der Waals surface area contributed by atoms with Gasteiger partial charge in [-0.2, -0.15) is 0 Å². The predicted molar refractivity (Wildman–Crippen MR) is 83.6 cm³/mol. The summed E-state index contributed by atoms with van der Waals surface area (Å²) in [5, 5.41) is 8.97. The molecule has 2 atom stereocenters. The van der Waals surface area contributed by atoms with Crippen molar-refractivity contribution in [3.8, 4) is 0 Å². The van der Waals surface area contributed by atoms with Gasteiger partial charge in [0, 0.05) is 6.20 Å². The zero-order valence-electron chi connectivity index (χ0n) is 12.1. The summed E-state index contributed by atoms with van der Waals surface area (Å²) in [5.74, 6) is -2.53. The number of ketones is 2. The first-order valence-corrected chi connectivity index (χ1v) is 8.72. The number of fused-ring (bicyclic) bond motifs is 1. The van der Waals surface area contributed by atoms with E-state index in [1.165, 1.54) is 12.3 Å². The molecule has 1 heterocycles. The molecular weight excluding hydrogens is 318 g/mol. The second-order valence-corrected chi connectivity index (χ2v) is 7.37. The third-order valence-electron chi connectivity index (χ3n) is 3.98. The summed E-state index contributed by atoms with van der Waals surface area (Å²) >= 11 is 0. The van der Waals surface area contributed by atoms with Crippen molar-refractivity contribution in [2.45, 2.75) is 6.04 Å². The number of hydrogen-bond acceptors (Lipinski definition) is 5. The standard InChI is InChI=1S/C16H15NO5S/c18-8-9-23(21,22)17-10-12(11-4-2-1-3-5-11)15-13(17)6-7-14(19)16(15)20/h1-7,10,13,15,18H,8-9H2. The van der Waals surface area contributed by atoms with Gasteiger partial charge in [-0.15, -0.1) is 0 Å². The molecule has 7 heteroatoms.